The first-order valence-electron chi connectivity index (χ1n) is 9.37. The number of rotatable bonds is 4. The lowest BCUT2D eigenvalue weighted by molar-refractivity contribution is -0.00123. The number of benzene rings is 1. The number of amidine groups is 1. The molecule has 0 aliphatic carbocycles. The zero-order valence-electron chi connectivity index (χ0n) is 16.5. The normalized spacial score (nSPS) is 22.7. The van der Waals surface area contributed by atoms with Gasteiger partial charge in [0, 0.05) is 18.3 Å². The van der Waals surface area contributed by atoms with Crippen molar-refractivity contribution in [1.29, 1.82) is 0 Å². The molecule has 13 heteroatoms. The Balaban J connectivity index is 1.58. The molecule has 0 saturated carbocycles. The third-order valence-electron chi connectivity index (χ3n) is 5.11. The fraction of sp³-hybridized carbons (Fsp3) is 0.368. The van der Waals surface area contributed by atoms with Gasteiger partial charge in [-0.1, -0.05) is 22.8 Å². The molecule has 2 aliphatic heterocycles. The van der Waals surface area contributed by atoms with Crippen LogP contribution in [0.25, 0.3) is 11.1 Å². The average molecular weight is 493 g/mol. The Kier molecular flexibility index (Phi) is 5.80. The third-order valence-corrected chi connectivity index (χ3v) is 6.03. The van der Waals surface area contributed by atoms with Crippen molar-refractivity contribution in [1.82, 2.24) is 14.6 Å². The molecule has 1 N–H and O–H groups in total. The molecule has 1 fully saturated rings. The number of aromatic nitrogens is 1. The van der Waals surface area contributed by atoms with Crippen LogP contribution in [-0.4, -0.2) is 55.4 Å². The molecular weight excluding hydrogens is 476 g/mol. The number of likely N-dealkylation sites (tertiary alicyclic amines) is 1. The molecule has 1 saturated heterocycles. The third kappa shape index (κ3) is 4.52. The lowest BCUT2D eigenvalue weighted by atomic mass is 9.98. The van der Waals surface area contributed by atoms with E-state index in [1.54, 1.807) is 0 Å². The summed E-state index contributed by atoms with van der Waals surface area (Å²) in [6.45, 7) is -1.09. The minimum absolute atomic E-state index is 0.0145. The summed E-state index contributed by atoms with van der Waals surface area (Å²) >= 11 is 5.99. The highest BCUT2D eigenvalue weighted by Crippen LogP contribution is 2.39. The lowest BCUT2D eigenvalue weighted by Crippen LogP contribution is -2.46. The van der Waals surface area contributed by atoms with E-state index < -0.39 is 46.3 Å². The molecule has 1 unspecified atom stereocenters. The topological polar surface area (TPSA) is 83.9 Å². The van der Waals surface area contributed by atoms with Gasteiger partial charge in [-0.25, -0.2) is 30.7 Å². The Labute approximate surface area is 186 Å². The first kappa shape index (κ1) is 22.7. The number of hydrogen-bond donors (Lipinski definition) is 1. The van der Waals surface area contributed by atoms with Gasteiger partial charge in [0.15, 0.2) is 6.10 Å². The van der Waals surface area contributed by atoms with Gasteiger partial charge in [0.25, 0.3) is 5.92 Å². The monoisotopic (exact) mass is 492 g/mol. The van der Waals surface area contributed by atoms with Crippen LogP contribution in [0.5, 0.6) is 0 Å². The Morgan fingerprint density at radius 3 is 2.62 bits per heavy atom. The maximum absolute atomic E-state index is 14.4. The van der Waals surface area contributed by atoms with E-state index in [1.165, 1.54) is 23.2 Å². The van der Waals surface area contributed by atoms with Gasteiger partial charge in [-0.3, -0.25) is 4.98 Å². The molecule has 0 bridgehead atoms. The maximum Gasteiger partial charge on any atom is 0.282 e. The first-order valence-corrected chi connectivity index (χ1v) is 11.6. The van der Waals surface area contributed by atoms with Gasteiger partial charge in [0.05, 0.1) is 35.5 Å². The minimum Gasteiger partial charge on any atom is -0.384 e. The van der Waals surface area contributed by atoms with Crippen LogP contribution in [0.15, 0.2) is 35.6 Å². The molecule has 3 heterocycles. The zero-order chi connectivity index (χ0) is 23.3. The summed E-state index contributed by atoms with van der Waals surface area (Å²) in [4.78, 5) is 10.7. The van der Waals surface area contributed by atoms with E-state index in [-0.39, 0.29) is 40.6 Å². The smallest absolute Gasteiger partial charge is 0.282 e. The molecule has 7 nitrogen and oxygen atoms in total. The Bertz CT molecular complexity index is 1170. The van der Waals surface area contributed by atoms with Crippen LogP contribution < -0.4 is 4.72 Å². The number of nitrogens with one attached hydrogen (secondary N) is 1. The summed E-state index contributed by atoms with van der Waals surface area (Å²) in [7, 11) is -3.85. The molecule has 0 amide bonds. The van der Waals surface area contributed by atoms with Crippen LogP contribution in [-0.2, 0) is 14.9 Å². The maximum atomic E-state index is 14.4. The van der Waals surface area contributed by atoms with Gasteiger partial charge in [-0.15, -0.1) is 0 Å². The van der Waals surface area contributed by atoms with Crippen LogP contribution in [0.3, 0.4) is 0 Å². The van der Waals surface area contributed by atoms with Gasteiger partial charge < -0.3 is 9.74 Å². The van der Waals surface area contributed by atoms with E-state index in [2.05, 4.69) is 10.1 Å². The van der Waals surface area contributed by atoms with E-state index in [1.807, 2.05) is 4.72 Å². The van der Waals surface area contributed by atoms with Crippen LogP contribution in [0.4, 0.5) is 17.6 Å². The minimum atomic E-state index is -3.85. The predicted molar refractivity (Wildman–Crippen MR) is 109 cm³/mol. The summed E-state index contributed by atoms with van der Waals surface area (Å²) in [6, 6.07) is 3.09. The second-order valence-corrected chi connectivity index (χ2v) is 9.79. The Hall–Kier alpha value is -2.44. The highest BCUT2D eigenvalue weighted by molar-refractivity contribution is 7.88. The van der Waals surface area contributed by atoms with Crippen LogP contribution >= 0.6 is 11.6 Å². The summed E-state index contributed by atoms with van der Waals surface area (Å²) < 4.78 is 82.1. The van der Waals surface area contributed by atoms with Crippen LogP contribution in [0.2, 0.25) is 5.02 Å². The second-order valence-electron chi connectivity index (χ2n) is 7.57. The predicted octanol–water partition coefficient (Wildman–Crippen LogP) is 3.32. The summed E-state index contributed by atoms with van der Waals surface area (Å²) in [5.41, 5.74) is -0.161. The molecule has 2 atom stereocenters. The van der Waals surface area contributed by atoms with E-state index in [9.17, 15) is 26.0 Å². The quantitative estimate of drug-likeness (QED) is 0.662. The summed E-state index contributed by atoms with van der Waals surface area (Å²) in [6.07, 6.45) is 1.15. The Morgan fingerprint density at radius 2 is 1.97 bits per heavy atom. The van der Waals surface area contributed by atoms with Crippen molar-refractivity contribution in [2.45, 2.75) is 24.5 Å². The number of halogens is 5. The summed E-state index contributed by atoms with van der Waals surface area (Å²) in [5.74, 6) is -4.85. The molecule has 1 aromatic heterocycles. The number of hydrogen-bond acceptors (Lipinski definition) is 6. The number of oxime groups is 1. The van der Waals surface area contributed by atoms with Crippen LogP contribution in [0.1, 0.15) is 18.2 Å². The molecule has 0 radical (unpaired) electrons. The fourth-order valence-electron chi connectivity index (χ4n) is 3.72. The number of sulfonamides is 1. The van der Waals surface area contributed by atoms with E-state index in [0.29, 0.717) is 0 Å². The average Bonchev–Trinajstić information content (AvgIpc) is 3.25. The molecule has 2 aliphatic rings. The molecule has 172 valence electrons. The van der Waals surface area contributed by atoms with Crippen molar-refractivity contribution in [3.63, 3.8) is 0 Å². The molecular formula is C19H17ClF4N4O3S. The standard InChI is InChI=1S/C19H17ClF4N4O3S/c1-32(29,30)27-15-8-28(9-19(15,23)24)16-6-14(31-26-16)18-11(5-10(20)7-25-18)17-12(21)3-2-4-13(17)22/h2-5,7,14-15,27H,6,8-9H2,1H3/t14?,15-/m1/s1. The van der Waals surface area contributed by atoms with Gasteiger partial charge in [-0.05, 0) is 18.2 Å². The van der Waals surface area contributed by atoms with Crippen molar-refractivity contribution in [2.24, 2.45) is 5.16 Å². The Morgan fingerprint density at radius 1 is 1.28 bits per heavy atom. The molecule has 32 heavy (non-hydrogen) atoms. The molecule has 0 spiro atoms. The van der Waals surface area contributed by atoms with Crippen molar-refractivity contribution in [3.05, 3.63) is 52.8 Å². The molecule has 4 rings (SSSR count). The van der Waals surface area contributed by atoms with Gasteiger partial charge in [0.1, 0.15) is 23.5 Å². The highest BCUT2D eigenvalue weighted by atomic mass is 35.5. The molecule has 2 aromatic rings. The first-order chi connectivity index (χ1) is 14.9. The summed E-state index contributed by atoms with van der Waals surface area (Å²) in [5, 5.41) is 3.98. The van der Waals surface area contributed by atoms with Gasteiger partial charge >= 0.3 is 0 Å². The molecule has 1 aromatic carbocycles. The van der Waals surface area contributed by atoms with Crippen molar-refractivity contribution >= 4 is 27.5 Å². The number of nitrogens with zero attached hydrogens (tertiary/aromatic N) is 3. The van der Waals surface area contributed by atoms with Gasteiger partial charge in [0.2, 0.25) is 10.0 Å². The second kappa shape index (κ2) is 8.16. The van der Waals surface area contributed by atoms with Gasteiger partial charge in [-0.2, -0.15) is 0 Å². The van der Waals surface area contributed by atoms with Crippen molar-refractivity contribution < 1.29 is 30.8 Å². The number of alkyl halides is 2. The van der Waals surface area contributed by atoms with Crippen molar-refractivity contribution in [2.75, 3.05) is 19.3 Å². The van der Waals surface area contributed by atoms with E-state index >= 15 is 0 Å². The van der Waals surface area contributed by atoms with E-state index in [4.69, 9.17) is 16.4 Å². The van der Waals surface area contributed by atoms with Crippen LogP contribution in [0, 0.1) is 11.6 Å². The van der Waals surface area contributed by atoms with E-state index in [0.717, 1.165) is 18.4 Å². The fourth-order valence-corrected chi connectivity index (χ4v) is 4.64. The van der Waals surface area contributed by atoms with Crippen molar-refractivity contribution in [3.8, 4) is 11.1 Å². The largest absolute Gasteiger partial charge is 0.384 e. The lowest BCUT2D eigenvalue weighted by Gasteiger charge is -2.17. The zero-order valence-corrected chi connectivity index (χ0v) is 18.1. The SMILES string of the molecule is CS(=O)(=O)N[C@@H]1CN(C2=NOC(c3ncc(Cl)cc3-c3c(F)cccc3F)C2)CC1(F)F. The highest BCUT2D eigenvalue weighted by Gasteiger charge is 2.51. The number of pyridine rings is 1.